The van der Waals surface area contributed by atoms with E-state index in [1.54, 1.807) is 12.1 Å². The fraction of sp³-hybridized carbons (Fsp3) is 0.152. The van der Waals surface area contributed by atoms with E-state index in [0.717, 1.165) is 39.3 Å². The summed E-state index contributed by atoms with van der Waals surface area (Å²) in [6.45, 7) is 0.393. The zero-order valence-corrected chi connectivity index (χ0v) is 21.4. The summed E-state index contributed by atoms with van der Waals surface area (Å²) in [6, 6.07) is 35.0. The summed E-state index contributed by atoms with van der Waals surface area (Å²) in [5.74, 6) is 0.616. The first-order valence-corrected chi connectivity index (χ1v) is 12.9. The van der Waals surface area contributed by atoms with E-state index in [2.05, 4.69) is 5.32 Å². The lowest BCUT2D eigenvalue weighted by molar-refractivity contribution is -0.137. The van der Waals surface area contributed by atoms with Gasteiger partial charge in [-0.1, -0.05) is 48.5 Å². The number of carboxylic acid groups (broad SMARTS) is 1. The van der Waals surface area contributed by atoms with Gasteiger partial charge in [-0.25, -0.2) is 0 Å². The number of ketones is 1. The van der Waals surface area contributed by atoms with Crippen LogP contribution >= 0.6 is 0 Å². The average Bonchev–Trinajstić information content (AvgIpc) is 3.40. The zero-order chi connectivity index (χ0) is 27.0. The van der Waals surface area contributed by atoms with Gasteiger partial charge in [-0.15, -0.1) is 0 Å². The van der Waals surface area contributed by atoms with Crippen molar-refractivity contribution in [2.24, 2.45) is 0 Å². The number of carbonyl (C=O) groups excluding carboxylic acids is 1. The molecule has 5 rings (SSSR count). The molecule has 6 nitrogen and oxygen atoms in total. The third-order valence-electron chi connectivity index (χ3n) is 6.53. The minimum absolute atomic E-state index is 0.00718. The SMILES string of the molecule is O=C(O)CCCC(=O)c1ccc(NC(COc2ccc(-c3cc4ccccc4o3)cc2)c2ccccc2)cc1. The number of carboxylic acids is 1. The number of aliphatic carboxylic acids is 1. The molecule has 2 N–H and O–H groups in total. The van der Waals surface area contributed by atoms with E-state index < -0.39 is 5.97 Å². The first-order valence-electron chi connectivity index (χ1n) is 12.9. The highest BCUT2D eigenvalue weighted by molar-refractivity contribution is 5.96. The van der Waals surface area contributed by atoms with Crippen molar-refractivity contribution in [2.45, 2.75) is 25.3 Å². The van der Waals surface area contributed by atoms with Gasteiger partial charge in [0.1, 0.15) is 23.7 Å². The normalized spacial score (nSPS) is 11.7. The number of anilines is 1. The average molecular weight is 520 g/mol. The van der Waals surface area contributed by atoms with Crippen LogP contribution in [0, 0.1) is 0 Å². The van der Waals surface area contributed by atoms with E-state index in [1.807, 2.05) is 97.1 Å². The van der Waals surface area contributed by atoms with Crippen LogP contribution in [0.4, 0.5) is 5.69 Å². The molecule has 0 aliphatic heterocycles. The van der Waals surface area contributed by atoms with Crippen LogP contribution in [0.2, 0.25) is 0 Å². The molecule has 6 heteroatoms. The second-order valence-electron chi connectivity index (χ2n) is 9.34. The van der Waals surface area contributed by atoms with Gasteiger partial charge in [-0.3, -0.25) is 9.59 Å². The van der Waals surface area contributed by atoms with E-state index in [0.29, 0.717) is 18.6 Å². The molecule has 1 atom stereocenters. The topological polar surface area (TPSA) is 88.8 Å². The lowest BCUT2D eigenvalue weighted by Gasteiger charge is -2.21. The Labute approximate surface area is 226 Å². The van der Waals surface area contributed by atoms with Gasteiger partial charge in [0.25, 0.3) is 0 Å². The molecule has 0 aliphatic rings. The van der Waals surface area contributed by atoms with Crippen LogP contribution in [0.5, 0.6) is 5.75 Å². The van der Waals surface area contributed by atoms with Crippen LogP contribution in [0.1, 0.15) is 41.2 Å². The third kappa shape index (κ3) is 6.73. The van der Waals surface area contributed by atoms with E-state index in [4.69, 9.17) is 14.3 Å². The number of Topliss-reactive ketones (excluding diaryl/α,β-unsaturated/α-hetero) is 1. The van der Waals surface area contributed by atoms with Crippen LogP contribution in [-0.2, 0) is 4.79 Å². The van der Waals surface area contributed by atoms with E-state index in [9.17, 15) is 9.59 Å². The van der Waals surface area contributed by atoms with Crippen molar-refractivity contribution in [3.05, 3.63) is 120 Å². The minimum Gasteiger partial charge on any atom is -0.491 e. The number of ether oxygens (including phenoxy) is 1. The molecule has 0 amide bonds. The van der Waals surface area contributed by atoms with Gasteiger partial charge in [0.05, 0.1) is 6.04 Å². The predicted octanol–water partition coefficient (Wildman–Crippen LogP) is 7.77. The molecule has 0 spiro atoms. The van der Waals surface area contributed by atoms with E-state index in [-0.39, 0.29) is 24.7 Å². The number of benzene rings is 4. The fourth-order valence-electron chi connectivity index (χ4n) is 4.42. The van der Waals surface area contributed by atoms with Gasteiger partial charge < -0.3 is 19.6 Å². The zero-order valence-electron chi connectivity index (χ0n) is 21.4. The highest BCUT2D eigenvalue weighted by Gasteiger charge is 2.14. The Morgan fingerprint density at radius 1 is 0.821 bits per heavy atom. The lowest BCUT2D eigenvalue weighted by atomic mass is 10.0. The maximum absolute atomic E-state index is 12.4. The quantitative estimate of drug-likeness (QED) is 0.164. The van der Waals surface area contributed by atoms with Gasteiger partial charge in [-0.2, -0.15) is 0 Å². The Hall–Kier alpha value is -4.84. The number of hydrogen-bond donors (Lipinski definition) is 2. The van der Waals surface area contributed by atoms with E-state index >= 15 is 0 Å². The van der Waals surface area contributed by atoms with Crippen LogP contribution in [0.25, 0.3) is 22.3 Å². The van der Waals surface area contributed by atoms with Crippen LogP contribution in [0.15, 0.2) is 114 Å². The minimum atomic E-state index is -0.890. The molecule has 1 heterocycles. The summed E-state index contributed by atoms with van der Waals surface area (Å²) >= 11 is 0. The summed E-state index contributed by atoms with van der Waals surface area (Å²) in [4.78, 5) is 23.1. The van der Waals surface area contributed by atoms with Gasteiger partial charge in [0, 0.05) is 35.0 Å². The van der Waals surface area contributed by atoms with Crippen molar-refractivity contribution >= 4 is 28.4 Å². The molecule has 0 radical (unpaired) electrons. The molecule has 0 aliphatic carbocycles. The largest absolute Gasteiger partial charge is 0.491 e. The molecule has 1 aromatic heterocycles. The Morgan fingerprint density at radius 3 is 2.26 bits per heavy atom. The molecule has 39 heavy (non-hydrogen) atoms. The van der Waals surface area contributed by atoms with Crippen molar-refractivity contribution < 1.29 is 23.8 Å². The number of rotatable bonds is 12. The molecule has 1 unspecified atom stereocenters. The van der Waals surface area contributed by atoms with Crippen molar-refractivity contribution in [2.75, 3.05) is 11.9 Å². The van der Waals surface area contributed by atoms with Crippen LogP contribution in [0.3, 0.4) is 0 Å². The Morgan fingerprint density at radius 2 is 1.54 bits per heavy atom. The summed E-state index contributed by atoms with van der Waals surface area (Å²) in [5.41, 5.74) is 4.34. The molecule has 0 bridgehead atoms. The van der Waals surface area contributed by atoms with Crippen LogP contribution in [-0.4, -0.2) is 23.5 Å². The maximum atomic E-state index is 12.4. The molecule has 0 saturated carbocycles. The van der Waals surface area contributed by atoms with Gasteiger partial charge in [0.15, 0.2) is 5.78 Å². The van der Waals surface area contributed by atoms with Gasteiger partial charge in [0.2, 0.25) is 0 Å². The Bertz CT molecular complexity index is 1510. The molecular formula is C33H29NO5. The molecular weight excluding hydrogens is 490 g/mol. The standard InChI is InChI=1S/C33H29NO5/c35-30(10-6-12-33(36)37)24-13-17-27(18-14-24)34-29(23-7-2-1-3-8-23)22-38-28-19-15-25(16-20-28)32-21-26-9-4-5-11-31(26)39-32/h1-5,7-9,11,13-21,29,34H,6,10,12,22H2,(H,36,37). The molecule has 0 fully saturated rings. The van der Waals surface area contributed by atoms with Crippen molar-refractivity contribution in [1.29, 1.82) is 0 Å². The number of fused-ring (bicyclic) bond motifs is 1. The highest BCUT2D eigenvalue weighted by Crippen LogP contribution is 2.29. The number of furan rings is 1. The van der Waals surface area contributed by atoms with Gasteiger partial charge in [-0.05, 0) is 72.6 Å². The molecule has 0 saturated heterocycles. The summed E-state index contributed by atoms with van der Waals surface area (Å²) < 4.78 is 12.1. The van der Waals surface area contributed by atoms with Crippen molar-refractivity contribution in [3.8, 4) is 17.1 Å². The second-order valence-corrected chi connectivity index (χ2v) is 9.34. The smallest absolute Gasteiger partial charge is 0.303 e. The highest BCUT2D eigenvalue weighted by atomic mass is 16.5. The van der Waals surface area contributed by atoms with Gasteiger partial charge >= 0.3 is 5.97 Å². The van der Waals surface area contributed by atoms with Crippen molar-refractivity contribution in [1.82, 2.24) is 0 Å². The summed E-state index contributed by atoms with van der Waals surface area (Å²) in [6.07, 6.45) is 0.544. The third-order valence-corrected chi connectivity index (χ3v) is 6.53. The number of nitrogens with one attached hydrogen (secondary N) is 1. The first kappa shape index (κ1) is 25.8. The molecule has 196 valence electrons. The molecule has 5 aromatic rings. The predicted molar refractivity (Wildman–Crippen MR) is 152 cm³/mol. The summed E-state index contributed by atoms with van der Waals surface area (Å²) in [7, 11) is 0. The summed E-state index contributed by atoms with van der Waals surface area (Å²) in [5, 5.41) is 13.4. The number of hydrogen-bond acceptors (Lipinski definition) is 5. The Kier molecular flexibility index (Phi) is 8.03. The van der Waals surface area contributed by atoms with Crippen LogP contribution < -0.4 is 10.1 Å². The first-order chi connectivity index (χ1) is 19.0. The van der Waals surface area contributed by atoms with Crippen molar-refractivity contribution in [3.63, 3.8) is 0 Å². The molecule has 4 aromatic carbocycles. The maximum Gasteiger partial charge on any atom is 0.303 e. The van der Waals surface area contributed by atoms with E-state index in [1.165, 1.54) is 0 Å². The Balaban J connectivity index is 1.24. The number of para-hydroxylation sites is 1. The second kappa shape index (κ2) is 12.1. The number of carbonyl (C=O) groups is 2. The monoisotopic (exact) mass is 519 g/mol. The fourth-order valence-corrected chi connectivity index (χ4v) is 4.42. The lowest BCUT2D eigenvalue weighted by Crippen LogP contribution is -2.19.